The molecule has 146 valence electrons. The lowest BCUT2D eigenvalue weighted by atomic mass is 10.1. The Kier molecular flexibility index (Phi) is 5.07. The molecular weight excluding hydrogens is 405 g/mol. The van der Waals surface area contributed by atoms with Crippen LogP contribution in [0.5, 0.6) is 0 Å². The second-order valence-electron chi connectivity index (χ2n) is 6.82. The van der Waals surface area contributed by atoms with E-state index in [-0.39, 0.29) is 40.3 Å². The summed E-state index contributed by atoms with van der Waals surface area (Å²) in [5.41, 5.74) is 0.825. The molecule has 2 aliphatic rings. The topological polar surface area (TPSA) is 88.4 Å². The first-order valence-electron chi connectivity index (χ1n) is 8.96. The van der Waals surface area contributed by atoms with Gasteiger partial charge in [-0.3, -0.25) is 19.3 Å². The smallest absolute Gasteiger partial charge is 0.299 e. The summed E-state index contributed by atoms with van der Waals surface area (Å²) < 4.78 is 1.44. The van der Waals surface area contributed by atoms with Gasteiger partial charge in [0.15, 0.2) is 0 Å². The highest BCUT2D eigenvalue weighted by Gasteiger charge is 2.39. The second kappa shape index (κ2) is 7.52. The highest BCUT2D eigenvalue weighted by Crippen LogP contribution is 2.40. The van der Waals surface area contributed by atoms with Gasteiger partial charge in [0, 0.05) is 13.1 Å². The van der Waals surface area contributed by atoms with Gasteiger partial charge in [-0.1, -0.05) is 28.4 Å². The van der Waals surface area contributed by atoms with Crippen molar-refractivity contribution in [3.63, 3.8) is 0 Å². The predicted octanol–water partition coefficient (Wildman–Crippen LogP) is 2.33. The highest BCUT2D eigenvalue weighted by atomic mass is 35.5. The fourth-order valence-corrected chi connectivity index (χ4v) is 4.03. The van der Waals surface area contributed by atoms with E-state index in [2.05, 4.69) is 10.3 Å². The number of amides is 2. The number of piperidine rings is 1. The van der Waals surface area contributed by atoms with Crippen LogP contribution >= 0.6 is 23.2 Å². The van der Waals surface area contributed by atoms with E-state index in [1.165, 1.54) is 21.7 Å². The molecule has 1 aromatic carbocycles. The number of carbonyl (C=O) groups is 3. The van der Waals surface area contributed by atoms with Crippen LogP contribution in [-0.2, 0) is 22.7 Å². The molecule has 1 fully saturated rings. The Labute approximate surface area is 171 Å². The minimum absolute atomic E-state index is 0.00946. The van der Waals surface area contributed by atoms with Crippen LogP contribution in [0, 0.1) is 0 Å². The molecule has 2 amide bonds. The third kappa shape index (κ3) is 3.38. The first-order valence-corrected chi connectivity index (χ1v) is 9.72. The summed E-state index contributed by atoms with van der Waals surface area (Å²) in [5, 5.41) is 8.43. The highest BCUT2D eigenvalue weighted by molar-refractivity contribution is 6.56. The molecule has 0 bridgehead atoms. The van der Waals surface area contributed by atoms with Crippen LogP contribution in [0.3, 0.4) is 0 Å². The van der Waals surface area contributed by atoms with Gasteiger partial charge in [-0.05, 0) is 31.4 Å². The number of carbonyl (C=O) groups excluding carboxylic acids is 3. The van der Waals surface area contributed by atoms with Crippen molar-refractivity contribution in [2.75, 3.05) is 18.0 Å². The summed E-state index contributed by atoms with van der Waals surface area (Å²) in [6.07, 6.45) is 4.77. The number of aromatic nitrogens is 3. The lowest BCUT2D eigenvalue weighted by Gasteiger charge is -2.26. The van der Waals surface area contributed by atoms with E-state index in [1.807, 2.05) is 4.90 Å². The number of fused-ring (bicyclic) bond motifs is 1. The van der Waals surface area contributed by atoms with Gasteiger partial charge in [0.05, 0.1) is 34.0 Å². The molecule has 4 rings (SSSR count). The molecule has 8 nitrogen and oxygen atoms in total. The van der Waals surface area contributed by atoms with Crippen molar-refractivity contribution in [2.45, 2.75) is 32.4 Å². The van der Waals surface area contributed by atoms with Gasteiger partial charge in [0.25, 0.3) is 11.7 Å². The van der Waals surface area contributed by atoms with Gasteiger partial charge in [-0.25, -0.2) is 4.68 Å². The van der Waals surface area contributed by atoms with Crippen molar-refractivity contribution >= 4 is 46.5 Å². The fraction of sp³-hybridized carbons (Fsp3) is 0.389. The zero-order chi connectivity index (χ0) is 19.8. The van der Waals surface area contributed by atoms with Gasteiger partial charge in [-0.15, -0.1) is 5.10 Å². The number of nitrogens with zero attached hydrogens (tertiary/aromatic N) is 5. The number of rotatable bonds is 4. The third-order valence-electron chi connectivity index (χ3n) is 4.93. The van der Waals surface area contributed by atoms with Crippen molar-refractivity contribution in [1.82, 2.24) is 19.9 Å². The van der Waals surface area contributed by atoms with Crippen LogP contribution < -0.4 is 4.90 Å². The molecule has 28 heavy (non-hydrogen) atoms. The van der Waals surface area contributed by atoms with Gasteiger partial charge < -0.3 is 4.90 Å². The normalized spacial score (nSPS) is 16.6. The number of hydrogen-bond donors (Lipinski definition) is 0. The second-order valence-corrected chi connectivity index (χ2v) is 7.64. The molecule has 10 heteroatoms. The molecule has 1 saturated heterocycles. The number of halogens is 2. The van der Waals surface area contributed by atoms with Crippen LogP contribution in [0.1, 0.15) is 35.3 Å². The van der Waals surface area contributed by atoms with E-state index >= 15 is 0 Å². The average Bonchev–Trinajstić information content (AvgIpc) is 3.24. The summed E-state index contributed by atoms with van der Waals surface area (Å²) in [7, 11) is 0. The van der Waals surface area contributed by atoms with Crippen molar-refractivity contribution in [3.8, 4) is 0 Å². The predicted molar refractivity (Wildman–Crippen MR) is 102 cm³/mol. The number of ketones is 1. The number of benzene rings is 1. The molecule has 0 saturated carbocycles. The first kappa shape index (κ1) is 18.9. The monoisotopic (exact) mass is 421 g/mol. The Bertz CT molecular complexity index is 968. The first-order chi connectivity index (χ1) is 13.5. The molecule has 0 spiro atoms. The van der Waals surface area contributed by atoms with Crippen LogP contribution in [0.2, 0.25) is 10.0 Å². The minimum Gasteiger partial charge on any atom is -0.341 e. The lowest BCUT2D eigenvalue weighted by Crippen LogP contribution is -2.37. The van der Waals surface area contributed by atoms with Crippen molar-refractivity contribution in [3.05, 3.63) is 39.6 Å². The number of likely N-dealkylation sites (tertiary alicyclic amines) is 1. The van der Waals surface area contributed by atoms with Crippen LogP contribution in [-0.4, -0.2) is 50.6 Å². The summed E-state index contributed by atoms with van der Waals surface area (Å²) in [5.74, 6) is -1.43. The molecule has 1 aromatic heterocycles. The molecular formula is C18H17Cl2N5O3. The zero-order valence-corrected chi connectivity index (χ0v) is 16.4. The summed E-state index contributed by atoms with van der Waals surface area (Å²) in [6, 6.07) is 3.02. The number of Topliss-reactive ketones (excluding diaryl/α,β-unsaturated/α-hetero) is 1. The number of hydrogen-bond acceptors (Lipinski definition) is 5. The van der Waals surface area contributed by atoms with E-state index in [0.29, 0.717) is 5.69 Å². The maximum Gasteiger partial charge on any atom is 0.299 e. The molecule has 2 aromatic rings. The summed E-state index contributed by atoms with van der Waals surface area (Å²) in [6.45, 7) is 1.63. The lowest BCUT2D eigenvalue weighted by molar-refractivity contribution is -0.132. The fourth-order valence-electron chi connectivity index (χ4n) is 3.54. The third-order valence-corrected chi connectivity index (χ3v) is 5.55. The van der Waals surface area contributed by atoms with E-state index in [4.69, 9.17) is 23.2 Å². The van der Waals surface area contributed by atoms with E-state index < -0.39 is 11.7 Å². The van der Waals surface area contributed by atoms with Gasteiger partial charge in [0.2, 0.25) is 5.91 Å². The van der Waals surface area contributed by atoms with Gasteiger partial charge >= 0.3 is 0 Å². The minimum atomic E-state index is -0.719. The molecule has 0 aliphatic carbocycles. The maximum atomic E-state index is 12.4. The molecule has 0 unspecified atom stereocenters. The maximum absolute atomic E-state index is 12.4. The number of anilines is 1. The Morgan fingerprint density at radius 2 is 1.79 bits per heavy atom. The Morgan fingerprint density at radius 1 is 1.07 bits per heavy atom. The molecule has 0 N–H and O–H groups in total. The summed E-state index contributed by atoms with van der Waals surface area (Å²) >= 11 is 12.3. The Balaban J connectivity index is 1.50. The molecule has 0 atom stereocenters. The Morgan fingerprint density at radius 3 is 2.54 bits per heavy atom. The van der Waals surface area contributed by atoms with Crippen molar-refractivity contribution in [1.29, 1.82) is 0 Å². The Hall–Kier alpha value is -2.45. The average molecular weight is 422 g/mol. The van der Waals surface area contributed by atoms with Crippen LogP contribution in [0.4, 0.5) is 5.69 Å². The SMILES string of the molecule is O=C1C(=O)N(Cc2cn(CC(=O)N3CCCCC3)nn2)c2c(Cl)ccc(Cl)c21. The quantitative estimate of drug-likeness (QED) is 0.706. The van der Waals surface area contributed by atoms with E-state index in [0.717, 1.165) is 32.4 Å². The largest absolute Gasteiger partial charge is 0.341 e. The summed E-state index contributed by atoms with van der Waals surface area (Å²) in [4.78, 5) is 40.1. The van der Waals surface area contributed by atoms with Crippen molar-refractivity contribution < 1.29 is 14.4 Å². The van der Waals surface area contributed by atoms with Gasteiger partial charge in [0.1, 0.15) is 12.2 Å². The van der Waals surface area contributed by atoms with E-state index in [1.54, 1.807) is 6.20 Å². The zero-order valence-electron chi connectivity index (χ0n) is 14.9. The van der Waals surface area contributed by atoms with Crippen molar-refractivity contribution in [2.24, 2.45) is 0 Å². The van der Waals surface area contributed by atoms with Gasteiger partial charge in [-0.2, -0.15) is 0 Å². The van der Waals surface area contributed by atoms with Crippen LogP contribution in [0.25, 0.3) is 0 Å². The van der Waals surface area contributed by atoms with E-state index in [9.17, 15) is 14.4 Å². The molecule has 2 aliphatic heterocycles. The molecule has 3 heterocycles. The molecule has 0 radical (unpaired) electrons. The standard InChI is InChI=1S/C18H17Cl2N5O3/c19-12-4-5-13(20)16-15(12)17(27)18(28)25(16)9-11-8-24(22-21-11)10-14(26)23-6-2-1-3-7-23/h4-5,8H,1-3,6-7,9-10H2. The van der Waals surface area contributed by atoms with Crippen LogP contribution in [0.15, 0.2) is 18.3 Å².